The fourth-order valence-corrected chi connectivity index (χ4v) is 2.23. The Balaban J connectivity index is 2.04. The normalized spacial score (nSPS) is 10.6. The maximum Gasteiger partial charge on any atom is 0.156 e. The number of aryl methyl sites for hydroxylation is 1. The minimum Gasteiger partial charge on any atom is -0.506 e. The van der Waals surface area contributed by atoms with Crippen LogP contribution < -0.4 is 10.5 Å². The molecule has 0 radical (unpaired) electrons. The maximum absolute atomic E-state index is 10.1. The molecule has 0 saturated carbocycles. The second-order valence-electron chi connectivity index (χ2n) is 4.96. The lowest BCUT2D eigenvalue weighted by molar-refractivity contribution is 0.415. The highest BCUT2D eigenvalue weighted by Gasteiger charge is 2.15. The zero-order chi connectivity index (χ0) is 15.7. The van der Waals surface area contributed by atoms with Gasteiger partial charge in [-0.05, 0) is 48.9 Å². The topological polar surface area (TPSA) is 86.2 Å². The van der Waals surface area contributed by atoms with E-state index in [9.17, 15) is 5.11 Å². The highest BCUT2D eigenvalue weighted by molar-refractivity contribution is 5.72. The van der Waals surface area contributed by atoms with Gasteiger partial charge in [-0.2, -0.15) is 4.68 Å². The van der Waals surface area contributed by atoms with E-state index >= 15 is 0 Å². The number of hydrogen-bond acceptors (Lipinski definition) is 5. The lowest BCUT2D eigenvalue weighted by atomic mass is 10.1. The van der Waals surface area contributed by atoms with Crippen LogP contribution in [-0.2, 0) is 0 Å². The molecule has 0 aliphatic carbocycles. The molecule has 112 valence electrons. The zero-order valence-corrected chi connectivity index (χ0v) is 12.3. The number of phenols is 1. The fourth-order valence-electron chi connectivity index (χ4n) is 2.23. The van der Waals surface area contributed by atoms with Crippen molar-refractivity contribution in [2.24, 2.45) is 0 Å². The van der Waals surface area contributed by atoms with Crippen LogP contribution >= 0.6 is 0 Å². The molecule has 0 saturated heterocycles. The van der Waals surface area contributed by atoms with Gasteiger partial charge in [0, 0.05) is 5.56 Å². The Morgan fingerprint density at radius 3 is 2.50 bits per heavy atom. The van der Waals surface area contributed by atoms with Gasteiger partial charge in [0.2, 0.25) is 0 Å². The Morgan fingerprint density at radius 2 is 1.86 bits per heavy atom. The first-order valence-corrected chi connectivity index (χ1v) is 6.75. The molecule has 3 rings (SSSR count). The summed E-state index contributed by atoms with van der Waals surface area (Å²) in [5, 5.41) is 18.2. The third-order valence-corrected chi connectivity index (χ3v) is 3.43. The molecule has 0 aliphatic heterocycles. The van der Waals surface area contributed by atoms with Gasteiger partial charge in [0.25, 0.3) is 0 Å². The smallest absolute Gasteiger partial charge is 0.156 e. The molecule has 0 aliphatic rings. The number of nitrogens with two attached hydrogens (primary N) is 1. The number of anilines is 1. The first-order chi connectivity index (χ1) is 10.6. The average molecular weight is 296 g/mol. The van der Waals surface area contributed by atoms with E-state index in [0.717, 1.165) is 16.9 Å². The molecule has 0 atom stereocenters. The first-order valence-electron chi connectivity index (χ1n) is 6.75. The number of nitrogen functional groups attached to an aromatic ring is 1. The molecule has 3 aromatic rings. The largest absolute Gasteiger partial charge is 0.506 e. The fraction of sp³-hybridized carbons (Fsp3) is 0.125. The van der Waals surface area contributed by atoms with Crippen LogP contribution in [0, 0.1) is 6.92 Å². The number of nitrogens with zero attached hydrogens (tertiary/aromatic N) is 3. The number of aromatic nitrogens is 3. The van der Waals surface area contributed by atoms with Crippen molar-refractivity contribution in [2.45, 2.75) is 6.92 Å². The van der Waals surface area contributed by atoms with Gasteiger partial charge in [0.15, 0.2) is 5.82 Å². The lowest BCUT2D eigenvalue weighted by Gasteiger charge is -2.07. The van der Waals surface area contributed by atoms with Crippen LogP contribution in [0.2, 0.25) is 0 Å². The van der Waals surface area contributed by atoms with Crippen molar-refractivity contribution in [3.05, 3.63) is 48.0 Å². The molecule has 1 aromatic heterocycles. The van der Waals surface area contributed by atoms with Crippen molar-refractivity contribution in [3.8, 4) is 28.4 Å². The summed E-state index contributed by atoms with van der Waals surface area (Å²) in [6.07, 6.45) is 0. The van der Waals surface area contributed by atoms with E-state index in [2.05, 4.69) is 10.3 Å². The van der Waals surface area contributed by atoms with Crippen molar-refractivity contribution < 1.29 is 9.84 Å². The van der Waals surface area contributed by atoms with E-state index in [4.69, 9.17) is 10.5 Å². The third-order valence-electron chi connectivity index (χ3n) is 3.43. The second kappa shape index (κ2) is 5.40. The minimum atomic E-state index is 0.109. The van der Waals surface area contributed by atoms with Gasteiger partial charge in [-0.15, -0.1) is 5.10 Å². The molecule has 1 heterocycles. The molecule has 0 spiro atoms. The van der Waals surface area contributed by atoms with E-state index < -0.39 is 0 Å². The minimum absolute atomic E-state index is 0.109. The molecule has 0 fully saturated rings. The third kappa shape index (κ3) is 2.35. The van der Waals surface area contributed by atoms with Crippen molar-refractivity contribution in [2.75, 3.05) is 12.8 Å². The number of ether oxygens (including phenoxy) is 1. The number of aromatic hydroxyl groups is 1. The summed E-state index contributed by atoms with van der Waals surface area (Å²) >= 11 is 0. The van der Waals surface area contributed by atoms with Gasteiger partial charge in [-0.25, -0.2) is 0 Å². The van der Waals surface area contributed by atoms with E-state index in [1.807, 2.05) is 37.3 Å². The van der Waals surface area contributed by atoms with Crippen molar-refractivity contribution >= 4 is 5.82 Å². The number of phenolic OH excluding ortho intramolecular Hbond substituents is 1. The molecule has 3 N–H and O–H groups in total. The predicted octanol–water partition coefficient (Wildman–Crippen LogP) is 2.54. The van der Waals surface area contributed by atoms with Gasteiger partial charge < -0.3 is 15.6 Å². The summed E-state index contributed by atoms with van der Waals surface area (Å²) in [5.41, 5.74) is 8.98. The summed E-state index contributed by atoms with van der Waals surface area (Å²) in [7, 11) is 1.61. The van der Waals surface area contributed by atoms with Gasteiger partial charge >= 0.3 is 0 Å². The molecule has 6 nitrogen and oxygen atoms in total. The van der Waals surface area contributed by atoms with Gasteiger partial charge in [0.1, 0.15) is 22.9 Å². The van der Waals surface area contributed by atoms with Crippen molar-refractivity contribution in [1.29, 1.82) is 0 Å². The number of benzene rings is 2. The van der Waals surface area contributed by atoms with Crippen molar-refractivity contribution in [3.63, 3.8) is 0 Å². The monoisotopic (exact) mass is 296 g/mol. The zero-order valence-electron chi connectivity index (χ0n) is 12.3. The Labute approximate surface area is 127 Å². The van der Waals surface area contributed by atoms with Crippen LogP contribution in [0.4, 0.5) is 5.82 Å². The van der Waals surface area contributed by atoms with Gasteiger partial charge in [0.05, 0.1) is 7.11 Å². The van der Waals surface area contributed by atoms with Crippen LogP contribution in [-0.4, -0.2) is 27.2 Å². The Kier molecular flexibility index (Phi) is 3.42. The number of rotatable bonds is 3. The average Bonchev–Trinajstić information content (AvgIpc) is 2.89. The van der Waals surface area contributed by atoms with E-state index in [0.29, 0.717) is 17.2 Å². The summed E-state index contributed by atoms with van der Waals surface area (Å²) < 4.78 is 6.56. The molecular weight excluding hydrogens is 280 g/mol. The molecule has 22 heavy (non-hydrogen) atoms. The summed E-state index contributed by atoms with van der Waals surface area (Å²) in [5.74, 6) is 1.23. The summed E-state index contributed by atoms with van der Waals surface area (Å²) in [4.78, 5) is 0. The first kappa shape index (κ1) is 13.9. The Bertz CT molecular complexity index is 810. The van der Waals surface area contributed by atoms with Crippen LogP contribution in [0.15, 0.2) is 42.5 Å². The van der Waals surface area contributed by atoms with Crippen LogP contribution in [0.25, 0.3) is 16.9 Å². The van der Waals surface area contributed by atoms with E-state index in [1.54, 1.807) is 19.2 Å². The number of methoxy groups -OCH3 is 1. The quantitative estimate of drug-likeness (QED) is 0.775. The molecule has 0 unspecified atom stereocenters. The standard InChI is InChI=1S/C16H16N4O2/c1-10-3-8-13(14(21)9-10)20-16(17)15(18-19-20)11-4-6-12(22-2)7-5-11/h3-9,21H,17H2,1-2H3. The highest BCUT2D eigenvalue weighted by atomic mass is 16.5. The molecule has 2 aromatic carbocycles. The molecule has 0 amide bonds. The Morgan fingerprint density at radius 1 is 1.14 bits per heavy atom. The Hall–Kier alpha value is -3.02. The maximum atomic E-state index is 10.1. The van der Waals surface area contributed by atoms with Crippen LogP contribution in [0.1, 0.15) is 5.56 Å². The van der Waals surface area contributed by atoms with E-state index in [1.165, 1.54) is 4.68 Å². The summed E-state index contributed by atoms with van der Waals surface area (Å²) in [6, 6.07) is 12.7. The number of hydrogen-bond donors (Lipinski definition) is 2. The molecular formula is C16H16N4O2. The van der Waals surface area contributed by atoms with Crippen molar-refractivity contribution in [1.82, 2.24) is 15.0 Å². The van der Waals surface area contributed by atoms with Crippen LogP contribution in [0.3, 0.4) is 0 Å². The lowest BCUT2D eigenvalue weighted by Crippen LogP contribution is -2.02. The molecule has 6 heteroatoms. The SMILES string of the molecule is COc1ccc(-c2nnn(-c3ccc(C)cc3O)c2N)cc1. The second-order valence-corrected chi connectivity index (χ2v) is 4.96. The highest BCUT2D eigenvalue weighted by Crippen LogP contribution is 2.30. The van der Waals surface area contributed by atoms with Gasteiger partial charge in [-0.1, -0.05) is 11.3 Å². The molecule has 0 bridgehead atoms. The van der Waals surface area contributed by atoms with Crippen LogP contribution in [0.5, 0.6) is 11.5 Å². The summed E-state index contributed by atoms with van der Waals surface area (Å²) in [6.45, 7) is 1.90. The van der Waals surface area contributed by atoms with Gasteiger partial charge in [-0.3, -0.25) is 0 Å². The predicted molar refractivity (Wildman–Crippen MR) is 84.2 cm³/mol. The van der Waals surface area contributed by atoms with E-state index in [-0.39, 0.29) is 5.75 Å².